The van der Waals surface area contributed by atoms with Gasteiger partial charge in [-0.05, 0) is 49.1 Å². The number of rotatable bonds is 3. The average Bonchev–Trinajstić information content (AvgIpc) is 3.07. The van der Waals surface area contributed by atoms with Crippen LogP contribution in [0.15, 0.2) is 47.5 Å². The first-order valence-corrected chi connectivity index (χ1v) is 12.0. The molecule has 142 valence electrons. The second-order valence-electron chi connectivity index (χ2n) is 7.50. The summed E-state index contributed by atoms with van der Waals surface area (Å²) in [5.74, 6) is 1.18. The molecule has 2 aliphatic heterocycles. The molecule has 2 aromatic rings. The van der Waals surface area contributed by atoms with Crippen LogP contribution >= 0.6 is 11.8 Å². The van der Waals surface area contributed by atoms with Gasteiger partial charge in [0.15, 0.2) is 15.0 Å². The van der Waals surface area contributed by atoms with Crippen LogP contribution in [-0.2, 0) is 15.6 Å². The summed E-state index contributed by atoms with van der Waals surface area (Å²) in [6, 6.07) is 14.5. The van der Waals surface area contributed by atoms with E-state index in [-0.39, 0.29) is 23.6 Å². The minimum absolute atomic E-state index is 0.0881. The molecular formula is C21H24N2O2S2. The Labute approximate surface area is 165 Å². The van der Waals surface area contributed by atoms with Crippen LogP contribution in [-0.4, -0.2) is 37.2 Å². The fraction of sp³-hybridized carbons (Fsp3) is 0.381. The van der Waals surface area contributed by atoms with Gasteiger partial charge in [-0.1, -0.05) is 48.2 Å². The fourth-order valence-corrected chi connectivity index (χ4v) is 6.84. The Morgan fingerprint density at radius 3 is 2.63 bits per heavy atom. The SMILES string of the molecule is Cc1ccc(C)c(N2C(SCc3ccccc3C)=N[C@H]3CS(=O)(=O)C[C@H]32)c1. The lowest BCUT2D eigenvalue weighted by Gasteiger charge is -2.28. The highest BCUT2D eigenvalue weighted by Crippen LogP contribution is 2.37. The highest BCUT2D eigenvalue weighted by atomic mass is 32.2. The number of sulfone groups is 1. The molecule has 2 aliphatic rings. The molecule has 27 heavy (non-hydrogen) atoms. The first-order valence-electron chi connectivity index (χ1n) is 9.16. The molecule has 0 saturated carbocycles. The van der Waals surface area contributed by atoms with Gasteiger partial charge in [0.2, 0.25) is 0 Å². The Morgan fingerprint density at radius 1 is 1.07 bits per heavy atom. The van der Waals surface area contributed by atoms with Crippen molar-refractivity contribution < 1.29 is 8.42 Å². The van der Waals surface area contributed by atoms with E-state index in [1.54, 1.807) is 11.8 Å². The van der Waals surface area contributed by atoms with Gasteiger partial charge in [-0.15, -0.1) is 0 Å². The third-order valence-corrected chi connectivity index (χ3v) is 8.06. The Bertz CT molecular complexity index is 1010. The van der Waals surface area contributed by atoms with Crippen LogP contribution in [0, 0.1) is 20.8 Å². The van der Waals surface area contributed by atoms with Crippen LogP contribution in [0.2, 0.25) is 0 Å². The van der Waals surface area contributed by atoms with Gasteiger partial charge in [-0.25, -0.2) is 8.42 Å². The summed E-state index contributed by atoms with van der Waals surface area (Å²) >= 11 is 1.71. The third kappa shape index (κ3) is 3.65. The quantitative estimate of drug-likeness (QED) is 0.784. The molecule has 1 fully saturated rings. The number of aliphatic imine (C=N–C) groups is 1. The predicted molar refractivity (Wildman–Crippen MR) is 115 cm³/mol. The van der Waals surface area contributed by atoms with E-state index in [1.165, 1.54) is 16.7 Å². The number of anilines is 1. The maximum absolute atomic E-state index is 12.2. The van der Waals surface area contributed by atoms with Crippen LogP contribution < -0.4 is 4.90 Å². The first-order chi connectivity index (χ1) is 12.8. The van der Waals surface area contributed by atoms with Gasteiger partial charge in [-0.3, -0.25) is 4.99 Å². The highest BCUT2D eigenvalue weighted by molar-refractivity contribution is 8.13. The summed E-state index contributed by atoms with van der Waals surface area (Å²) in [5, 5.41) is 0.942. The zero-order valence-corrected chi connectivity index (χ0v) is 17.5. The smallest absolute Gasteiger partial charge is 0.164 e. The molecule has 2 aromatic carbocycles. The van der Waals surface area contributed by atoms with E-state index in [9.17, 15) is 8.42 Å². The van der Waals surface area contributed by atoms with Crippen molar-refractivity contribution in [3.05, 3.63) is 64.7 Å². The largest absolute Gasteiger partial charge is 0.315 e. The highest BCUT2D eigenvalue weighted by Gasteiger charge is 2.47. The lowest BCUT2D eigenvalue weighted by atomic mass is 10.1. The lowest BCUT2D eigenvalue weighted by Crippen LogP contribution is -2.39. The van der Waals surface area contributed by atoms with E-state index in [0.29, 0.717) is 0 Å². The lowest BCUT2D eigenvalue weighted by molar-refractivity contribution is 0.601. The number of amidine groups is 1. The molecule has 0 N–H and O–H groups in total. The van der Waals surface area contributed by atoms with Crippen molar-refractivity contribution in [2.24, 2.45) is 4.99 Å². The summed E-state index contributed by atoms with van der Waals surface area (Å²) in [5.41, 5.74) is 5.95. The van der Waals surface area contributed by atoms with Crippen molar-refractivity contribution in [1.29, 1.82) is 0 Å². The maximum atomic E-state index is 12.2. The van der Waals surface area contributed by atoms with E-state index >= 15 is 0 Å². The topological polar surface area (TPSA) is 49.7 Å². The zero-order valence-electron chi connectivity index (χ0n) is 15.8. The normalized spacial score (nSPS) is 23.4. The second kappa shape index (κ2) is 6.99. The number of fused-ring (bicyclic) bond motifs is 1. The van der Waals surface area contributed by atoms with E-state index in [1.807, 2.05) is 6.07 Å². The Balaban J connectivity index is 1.68. The van der Waals surface area contributed by atoms with Gasteiger partial charge in [0.25, 0.3) is 0 Å². The fourth-order valence-electron chi connectivity index (χ4n) is 3.81. The summed E-state index contributed by atoms with van der Waals surface area (Å²) in [6.45, 7) is 6.27. The standard InChI is InChI=1S/C21H24N2O2S2/c1-14-8-9-16(3)19(10-14)23-20-13-27(24,25)12-18(20)22-21(23)26-11-17-7-5-4-6-15(17)2/h4-10,18,20H,11-13H2,1-3H3/t18-,20+/m0/s1. The van der Waals surface area contributed by atoms with Crippen LogP contribution in [0.3, 0.4) is 0 Å². The van der Waals surface area contributed by atoms with Crippen molar-refractivity contribution in [3.63, 3.8) is 0 Å². The first kappa shape index (κ1) is 18.6. The molecule has 2 heterocycles. The number of aryl methyl sites for hydroxylation is 3. The molecule has 6 heteroatoms. The monoisotopic (exact) mass is 400 g/mol. The predicted octanol–water partition coefficient (Wildman–Crippen LogP) is 3.89. The number of benzene rings is 2. The second-order valence-corrected chi connectivity index (χ2v) is 10.6. The summed E-state index contributed by atoms with van der Waals surface area (Å²) in [6.07, 6.45) is 0. The van der Waals surface area contributed by atoms with E-state index in [0.717, 1.165) is 22.2 Å². The minimum Gasteiger partial charge on any atom is -0.315 e. The number of hydrogen-bond donors (Lipinski definition) is 0. The van der Waals surface area contributed by atoms with Gasteiger partial charge >= 0.3 is 0 Å². The number of nitrogens with zero attached hydrogens (tertiary/aromatic N) is 2. The maximum Gasteiger partial charge on any atom is 0.164 e. The van der Waals surface area contributed by atoms with Crippen molar-refractivity contribution in [2.45, 2.75) is 38.6 Å². The zero-order chi connectivity index (χ0) is 19.2. The van der Waals surface area contributed by atoms with Crippen molar-refractivity contribution in [2.75, 3.05) is 16.4 Å². The van der Waals surface area contributed by atoms with Gasteiger partial charge in [0.05, 0.1) is 23.6 Å². The molecule has 4 nitrogen and oxygen atoms in total. The van der Waals surface area contributed by atoms with E-state index in [2.05, 4.69) is 62.1 Å². The minimum atomic E-state index is -3.02. The Morgan fingerprint density at radius 2 is 1.85 bits per heavy atom. The molecule has 2 atom stereocenters. The van der Waals surface area contributed by atoms with Gasteiger partial charge in [-0.2, -0.15) is 0 Å². The molecule has 0 radical (unpaired) electrons. The molecule has 0 aliphatic carbocycles. The molecule has 0 spiro atoms. The van der Waals surface area contributed by atoms with Gasteiger partial charge in [0, 0.05) is 11.4 Å². The summed E-state index contributed by atoms with van der Waals surface area (Å²) in [4.78, 5) is 7.03. The number of thioether (sulfide) groups is 1. The van der Waals surface area contributed by atoms with Crippen LogP contribution in [0.25, 0.3) is 0 Å². The molecule has 0 bridgehead atoms. The Kier molecular flexibility index (Phi) is 4.80. The van der Waals surface area contributed by atoms with Gasteiger partial charge < -0.3 is 4.90 Å². The van der Waals surface area contributed by atoms with Crippen LogP contribution in [0.1, 0.15) is 22.3 Å². The molecule has 0 amide bonds. The summed E-state index contributed by atoms with van der Waals surface area (Å²) < 4.78 is 24.4. The molecule has 4 rings (SSSR count). The van der Waals surface area contributed by atoms with E-state index < -0.39 is 9.84 Å². The number of hydrogen-bond acceptors (Lipinski definition) is 5. The van der Waals surface area contributed by atoms with Crippen molar-refractivity contribution >= 4 is 32.5 Å². The Hall–Kier alpha value is -1.79. The van der Waals surface area contributed by atoms with Crippen LogP contribution in [0.5, 0.6) is 0 Å². The van der Waals surface area contributed by atoms with Crippen LogP contribution in [0.4, 0.5) is 5.69 Å². The van der Waals surface area contributed by atoms with Crippen molar-refractivity contribution in [1.82, 2.24) is 0 Å². The third-order valence-electron chi connectivity index (χ3n) is 5.35. The molecular weight excluding hydrogens is 376 g/mol. The molecule has 0 unspecified atom stereocenters. The summed E-state index contributed by atoms with van der Waals surface area (Å²) in [7, 11) is -3.02. The van der Waals surface area contributed by atoms with Crippen molar-refractivity contribution in [3.8, 4) is 0 Å². The average molecular weight is 401 g/mol. The molecule has 1 saturated heterocycles. The molecule has 0 aromatic heterocycles. The van der Waals surface area contributed by atoms with E-state index in [4.69, 9.17) is 4.99 Å². The van der Waals surface area contributed by atoms with Gasteiger partial charge in [0.1, 0.15) is 0 Å².